The third-order valence-corrected chi connectivity index (χ3v) is 2.86. The minimum absolute atomic E-state index is 0.111. The number of amidine groups is 1. The number of hydrogen-bond donors (Lipinski definition) is 2. The summed E-state index contributed by atoms with van der Waals surface area (Å²) in [5.74, 6) is -0.111. The summed E-state index contributed by atoms with van der Waals surface area (Å²) in [4.78, 5) is 10.1. The molecule has 98 valence electrons. The normalized spacial score (nSPS) is 11.5. The molecule has 0 amide bonds. The number of halogens is 1. The van der Waals surface area contributed by atoms with Crippen molar-refractivity contribution in [3.63, 3.8) is 0 Å². The molecule has 0 saturated carbocycles. The number of aromatic nitrogens is 2. The summed E-state index contributed by atoms with van der Waals surface area (Å²) < 4.78 is 2.02. The molecule has 3 N–H and O–H groups in total. The van der Waals surface area contributed by atoms with E-state index in [0.29, 0.717) is 11.3 Å². The van der Waals surface area contributed by atoms with E-state index in [9.17, 15) is 10.1 Å². The van der Waals surface area contributed by atoms with Gasteiger partial charge in [0.2, 0.25) is 0 Å². The fourth-order valence-corrected chi connectivity index (χ4v) is 1.85. The monoisotopic (exact) mass is 325 g/mol. The largest absolute Gasteiger partial charge is 0.409 e. The molecule has 0 aliphatic rings. The maximum Gasteiger partial charge on any atom is 0.307 e. The van der Waals surface area contributed by atoms with Crippen LogP contribution in [0.15, 0.2) is 40.2 Å². The molecule has 1 aromatic carbocycles. The molecule has 8 nitrogen and oxygen atoms in total. The van der Waals surface area contributed by atoms with Crippen LogP contribution in [0.1, 0.15) is 5.56 Å². The van der Waals surface area contributed by atoms with Gasteiger partial charge in [-0.3, -0.25) is 10.1 Å². The molecule has 0 bridgehead atoms. The highest BCUT2D eigenvalue weighted by molar-refractivity contribution is 9.10. The van der Waals surface area contributed by atoms with E-state index in [1.807, 2.05) is 0 Å². The summed E-state index contributed by atoms with van der Waals surface area (Å²) in [5, 5.41) is 26.2. The smallest absolute Gasteiger partial charge is 0.307 e. The molecule has 0 saturated heterocycles. The lowest BCUT2D eigenvalue weighted by Gasteiger charge is -2.08. The molecule has 19 heavy (non-hydrogen) atoms. The van der Waals surface area contributed by atoms with Gasteiger partial charge in [-0.15, -0.1) is 0 Å². The van der Waals surface area contributed by atoms with Crippen molar-refractivity contribution in [2.75, 3.05) is 0 Å². The number of hydrogen-bond acceptors (Lipinski definition) is 5. The summed E-state index contributed by atoms with van der Waals surface area (Å²) in [7, 11) is 0. The van der Waals surface area contributed by atoms with Gasteiger partial charge in [-0.1, -0.05) is 21.1 Å². The SMILES string of the molecule is N/C(=N/O)c1ccc(Br)cc1-n1cc([N+](=O)[O-])cn1. The van der Waals surface area contributed by atoms with E-state index in [-0.39, 0.29) is 11.5 Å². The zero-order valence-electron chi connectivity index (χ0n) is 9.39. The molecule has 0 aliphatic heterocycles. The van der Waals surface area contributed by atoms with Crippen molar-refractivity contribution >= 4 is 27.5 Å². The third kappa shape index (κ3) is 2.55. The van der Waals surface area contributed by atoms with Crippen LogP contribution >= 0.6 is 15.9 Å². The quantitative estimate of drug-likeness (QED) is 0.292. The molecule has 1 heterocycles. The molecule has 2 rings (SSSR count). The maximum atomic E-state index is 10.6. The van der Waals surface area contributed by atoms with Crippen LogP contribution in [0, 0.1) is 10.1 Å². The first-order valence-corrected chi connectivity index (χ1v) is 5.79. The zero-order valence-corrected chi connectivity index (χ0v) is 11.0. The molecule has 0 atom stereocenters. The van der Waals surface area contributed by atoms with Crippen LogP contribution in [0.25, 0.3) is 5.69 Å². The molecule has 1 aromatic heterocycles. The second kappa shape index (κ2) is 5.06. The Morgan fingerprint density at radius 2 is 2.32 bits per heavy atom. The highest BCUT2D eigenvalue weighted by Crippen LogP contribution is 2.21. The summed E-state index contributed by atoms with van der Waals surface area (Å²) in [6.45, 7) is 0. The summed E-state index contributed by atoms with van der Waals surface area (Å²) in [5.41, 5.74) is 6.27. The first-order valence-electron chi connectivity index (χ1n) is 5.00. The fraction of sp³-hybridized carbons (Fsp3) is 0. The number of benzene rings is 1. The maximum absolute atomic E-state index is 10.6. The summed E-state index contributed by atoms with van der Waals surface area (Å²) in [6.07, 6.45) is 2.37. The van der Waals surface area contributed by atoms with Crippen LogP contribution in [0.2, 0.25) is 0 Å². The van der Waals surface area contributed by atoms with E-state index in [1.165, 1.54) is 10.9 Å². The Bertz CT molecular complexity index is 667. The van der Waals surface area contributed by atoms with Gasteiger partial charge in [0.15, 0.2) is 5.84 Å². The second-order valence-electron chi connectivity index (χ2n) is 3.55. The number of nitrogens with two attached hydrogens (primary N) is 1. The van der Waals surface area contributed by atoms with Gasteiger partial charge in [0.1, 0.15) is 12.4 Å². The standard InChI is InChI=1S/C10H8BrN5O3/c11-6-1-2-8(10(12)14-17)9(3-6)15-5-7(4-13-15)16(18)19/h1-5,17H,(H2,12,14). The number of rotatable bonds is 3. The van der Waals surface area contributed by atoms with Gasteiger partial charge in [-0.2, -0.15) is 5.10 Å². The van der Waals surface area contributed by atoms with Gasteiger partial charge in [0, 0.05) is 10.0 Å². The van der Waals surface area contributed by atoms with Gasteiger partial charge in [0.05, 0.1) is 10.6 Å². The number of nitro groups is 1. The van der Waals surface area contributed by atoms with Crippen LogP contribution < -0.4 is 5.73 Å². The number of nitrogens with zero attached hydrogens (tertiary/aromatic N) is 4. The topological polar surface area (TPSA) is 120 Å². The predicted octanol–water partition coefficient (Wildman–Crippen LogP) is 1.64. The molecule has 0 fully saturated rings. The van der Waals surface area contributed by atoms with E-state index < -0.39 is 4.92 Å². The average molecular weight is 326 g/mol. The van der Waals surface area contributed by atoms with Crippen molar-refractivity contribution in [3.05, 3.63) is 50.7 Å². The van der Waals surface area contributed by atoms with Crippen molar-refractivity contribution in [2.24, 2.45) is 10.9 Å². The molecule has 0 aliphatic carbocycles. The van der Waals surface area contributed by atoms with Crippen LogP contribution in [-0.2, 0) is 0 Å². The average Bonchev–Trinajstić information content (AvgIpc) is 2.87. The van der Waals surface area contributed by atoms with Crippen molar-refractivity contribution in [1.82, 2.24) is 9.78 Å². The molecular weight excluding hydrogens is 318 g/mol. The lowest BCUT2D eigenvalue weighted by molar-refractivity contribution is -0.384. The van der Waals surface area contributed by atoms with Gasteiger partial charge in [0.25, 0.3) is 0 Å². The molecule has 0 radical (unpaired) electrons. The number of oxime groups is 1. The van der Waals surface area contributed by atoms with Crippen LogP contribution in [0.4, 0.5) is 5.69 Å². The Hall–Kier alpha value is -2.42. The van der Waals surface area contributed by atoms with Crippen molar-refractivity contribution < 1.29 is 10.1 Å². The van der Waals surface area contributed by atoms with E-state index in [0.717, 1.165) is 10.7 Å². The minimum atomic E-state index is -0.551. The Kier molecular flexibility index (Phi) is 3.47. The first-order chi connectivity index (χ1) is 9.02. The summed E-state index contributed by atoms with van der Waals surface area (Å²) >= 11 is 3.28. The highest BCUT2D eigenvalue weighted by atomic mass is 79.9. The lowest BCUT2D eigenvalue weighted by atomic mass is 10.1. The highest BCUT2D eigenvalue weighted by Gasteiger charge is 2.14. The Balaban J connectivity index is 2.59. The van der Waals surface area contributed by atoms with Crippen molar-refractivity contribution in [1.29, 1.82) is 0 Å². The van der Waals surface area contributed by atoms with Gasteiger partial charge in [-0.25, -0.2) is 4.68 Å². The van der Waals surface area contributed by atoms with E-state index in [4.69, 9.17) is 10.9 Å². The molecule has 0 spiro atoms. The Morgan fingerprint density at radius 1 is 1.58 bits per heavy atom. The third-order valence-electron chi connectivity index (χ3n) is 2.37. The predicted molar refractivity (Wildman–Crippen MR) is 70.4 cm³/mol. The van der Waals surface area contributed by atoms with Crippen LogP contribution in [0.5, 0.6) is 0 Å². The molecule has 0 unspecified atom stereocenters. The van der Waals surface area contributed by atoms with Gasteiger partial charge < -0.3 is 10.9 Å². The fourth-order valence-electron chi connectivity index (χ4n) is 1.50. The van der Waals surface area contributed by atoms with Gasteiger partial charge >= 0.3 is 5.69 Å². The van der Waals surface area contributed by atoms with E-state index >= 15 is 0 Å². The van der Waals surface area contributed by atoms with Crippen molar-refractivity contribution in [2.45, 2.75) is 0 Å². The van der Waals surface area contributed by atoms with E-state index in [2.05, 4.69) is 26.2 Å². The molecule has 9 heteroatoms. The molecular formula is C10H8BrN5O3. The Morgan fingerprint density at radius 3 is 2.89 bits per heavy atom. The summed E-state index contributed by atoms with van der Waals surface area (Å²) in [6, 6.07) is 4.97. The first kappa shape index (κ1) is 13.0. The second-order valence-corrected chi connectivity index (χ2v) is 4.46. The Labute approximate surface area is 115 Å². The lowest BCUT2D eigenvalue weighted by Crippen LogP contribution is -2.16. The van der Waals surface area contributed by atoms with Gasteiger partial charge in [-0.05, 0) is 18.2 Å². The minimum Gasteiger partial charge on any atom is -0.409 e. The molecule has 2 aromatic rings. The van der Waals surface area contributed by atoms with Crippen LogP contribution in [-0.4, -0.2) is 25.7 Å². The van der Waals surface area contributed by atoms with Crippen molar-refractivity contribution in [3.8, 4) is 5.69 Å². The van der Waals surface area contributed by atoms with E-state index in [1.54, 1.807) is 18.2 Å². The van der Waals surface area contributed by atoms with Crippen LogP contribution in [0.3, 0.4) is 0 Å². The zero-order chi connectivity index (χ0) is 14.0.